The van der Waals surface area contributed by atoms with Crippen molar-refractivity contribution in [2.45, 2.75) is 67.6 Å². The first-order valence-corrected chi connectivity index (χ1v) is 20.3. The Morgan fingerprint density at radius 2 is 1.14 bits per heavy atom. The molecule has 0 spiro atoms. The molecule has 0 amide bonds. The van der Waals surface area contributed by atoms with Gasteiger partial charge in [-0.1, -0.05) is 108 Å². The molecule has 328 valence electrons. The van der Waals surface area contributed by atoms with E-state index in [1.807, 2.05) is 6.07 Å². The number of hydrogen-bond donors (Lipinski definition) is 1. The molecule has 5 aromatic rings. The topological polar surface area (TPSA) is 220 Å². The molecule has 0 radical (unpaired) electrons. The first-order chi connectivity index (χ1) is 31.3. The molecule has 17 nitrogen and oxygen atoms in total. The fourth-order valence-corrected chi connectivity index (χ4v) is 7.49. The summed E-state index contributed by atoms with van der Waals surface area (Å²) in [4.78, 5) is 58.1. The van der Waals surface area contributed by atoms with Crippen molar-refractivity contribution >= 4 is 23.9 Å². The van der Waals surface area contributed by atoms with Crippen LogP contribution in [-0.2, 0) is 42.6 Å². The molecule has 8 rings (SSSR count). The average molecular weight is 872 g/mol. The van der Waals surface area contributed by atoms with E-state index in [9.17, 15) is 29.8 Å². The average Bonchev–Trinajstić information content (AvgIpc) is 3.67. The molecule has 1 unspecified atom stereocenters. The summed E-state index contributed by atoms with van der Waals surface area (Å²) in [5, 5.41) is 15.0. The normalized spacial score (nSPS) is 26.5. The highest BCUT2D eigenvalue weighted by molar-refractivity contribution is 5.91. The van der Waals surface area contributed by atoms with E-state index in [-0.39, 0.29) is 28.9 Å². The SMILES string of the molecule is [N-]=[N+]=N[C@@H]1[C@@H](O[C@@H]2O[C@@H]([C@@H](COC(=O)c3ccccc3)OC(=O)c3ccccc3)[C@H](OC(=O)c3ccccc3)[C@H]2OC(=O)c2ccccc2)[C@H]2OC(c3ccccc3)OC[C@H]2O[C@H]1O. The number of carbonyl (C=O) groups excluding carboxylic acids is 4. The molecule has 11 atom stereocenters. The molecule has 5 aromatic carbocycles. The number of fused-ring (bicyclic) bond motifs is 1. The number of nitrogens with zero attached hydrogens (tertiary/aromatic N) is 3. The Bertz CT molecular complexity index is 2410. The van der Waals surface area contributed by atoms with Gasteiger partial charge in [-0.05, 0) is 54.1 Å². The monoisotopic (exact) mass is 871 g/mol. The third-order valence-electron chi connectivity index (χ3n) is 10.6. The summed E-state index contributed by atoms with van der Waals surface area (Å²) >= 11 is 0. The molecule has 64 heavy (non-hydrogen) atoms. The highest BCUT2D eigenvalue weighted by atomic mass is 16.8. The number of esters is 4. The van der Waals surface area contributed by atoms with Crippen molar-refractivity contribution in [1.29, 1.82) is 0 Å². The third-order valence-corrected chi connectivity index (χ3v) is 10.6. The number of aliphatic hydroxyl groups is 1. The first kappa shape index (κ1) is 43.7. The zero-order chi connectivity index (χ0) is 44.4. The van der Waals surface area contributed by atoms with Crippen molar-refractivity contribution in [3.8, 4) is 0 Å². The Hall–Kier alpha value is -6.95. The van der Waals surface area contributed by atoms with Crippen molar-refractivity contribution in [1.82, 2.24) is 0 Å². The fraction of sp³-hybridized carbons (Fsp3) is 0.277. The van der Waals surface area contributed by atoms with Gasteiger partial charge in [0.2, 0.25) is 0 Å². The minimum Gasteiger partial charge on any atom is -0.458 e. The lowest BCUT2D eigenvalue weighted by Crippen LogP contribution is -2.63. The van der Waals surface area contributed by atoms with Crippen molar-refractivity contribution in [3.05, 3.63) is 190 Å². The maximum Gasteiger partial charge on any atom is 0.338 e. The number of hydrogen-bond acceptors (Lipinski definition) is 15. The standard InChI is InChI=1S/C47H41N3O14/c48-50-49-35-38(36-34(59-45(35)55)27-57-46(62-36)32-24-14-5-15-25-32)64-47-40(61-44(54)31-22-12-4-13-23-31)39(60-43(53)30-20-10-3-11-21-30)37(63-47)33(58-42(52)29-18-8-2-9-19-29)26-56-41(51)28-16-6-1-7-17-28/h1-25,33-40,45-47,55H,26-27H2/t33-,34-,35-,36+,37+,38-,39+,40-,45-,46?,47+/m1/s1. The van der Waals surface area contributed by atoms with E-state index in [0.29, 0.717) is 5.56 Å². The number of azide groups is 1. The highest BCUT2D eigenvalue weighted by Crippen LogP contribution is 2.40. The van der Waals surface area contributed by atoms with Crippen LogP contribution in [0.25, 0.3) is 10.4 Å². The second-order valence-electron chi connectivity index (χ2n) is 14.8. The minimum atomic E-state index is -1.75. The van der Waals surface area contributed by atoms with Gasteiger partial charge in [-0.15, -0.1) is 0 Å². The summed E-state index contributed by atoms with van der Waals surface area (Å²) < 4.78 is 55.4. The van der Waals surface area contributed by atoms with Crippen LogP contribution >= 0.6 is 0 Å². The Morgan fingerprint density at radius 3 is 1.69 bits per heavy atom. The molecule has 1 N–H and O–H groups in total. The van der Waals surface area contributed by atoms with E-state index < -0.39 is 98.1 Å². The maximum absolute atomic E-state index is 14.0. The summed E-state index contributed by atoms with van der Waals surface area (Å²) in [7, 11) is 0. The van der Waals surface area contributed by atoms with Gasteiger partial charge in [0.25, 0.3) is 0 Å². The summed E-state index contributed by atoms with van der Waals surface area (Å²) in [6, 6.07) is 39.4. The van der Waals surface area contributed by atoms with Crippen molar-refractivity contribution in [2.24, 2.45) is 5.11 Å². The predicted octanol–water partition coefficient (Wildman–Crippen LogP) is 6.14. The van der Waals surface area contributed by atoms with Crippen LogP contribution in [0.4, 0.5) is 0 Å². The largest absolute Gasteiger partial charge is 0.458 e. The Kier molecular flexibility index (Phi) is 14.0. The van der Waals surface area contributed by atoms with E-state index in [0.717, 1.165) is 0 Å². The van der Waals surface area contributed by atoms with Gasteiger partial charge in [0, 0.05) is 10.5 Å². The van der Waals surface area contributed by atoms with Gasteiger partial charge >= 0.3 is 23.9 Å². The van der Waals surface area contributed by atoms with Crippen molar-refractivity contribution in [3.63, 3.8) is 0 Å². The molecule has 3 aliphatic rings. The Labute approximate surface area is 365 Å². The number of rotatable bonds is 14. The van der Waals surface area contributed by atoms with Gasteiger partial charge in [0.1, 0.15) is 37.1 Å². The molecule has 3 aliphatic heterocycles. The molecule has 3 fully saturated rings. The zero-order valence-corrected chi connectivity index (χ0v) is 33.8. The van der Waals surface area contributed by atoms with Crippen molar-refractivity contribution in [2.75, 3.05) is 13.2 Å². The lowest BCUT2D eigenvalue weighted by molar-refractivity contribution is -0.354. The summed E-state index contributed by atoms with van der Waals surface area (Å²) in [5.74, 6) is -3.41. The van der Waals surface area contributed by atoms with Gasteiger partial charge in [-0.3, -0.25) is 0 Å². The van der Waals surface area contributed by atoms with Crippen LogP contribution in [0.3, 0.4) is 0 Å². The van der Waals surface area contributed by atoms with E-state index in [1.165, 1.54) is 48.5 Å². The zero-order valence-electron chi connectivity index (χ0n) is 33.8. The molecular weight excluding hydrogens is 831 g/mol. The van der Waals surface area contributed by atoms with E-state index in [2.05, 4.69) is 10.0 Å². The molecule has 0 saturated carbocycles. The molecule has 17 heteroatoms. The smallest absolute Gasteiger partial charge is 0.338 e. The van der Waals surface area contributed by atoms with E-state index in [4.69, 9.17) is 42.6 Å². The van der Waals surface area contributed by atoms with E-state index >= 15 is 0 Å². The highest BCUT2D eigenvalue weighted by Gasteiger charge is 2.58. The predicted molar refractivity (Wildman–Crippen MR) is 221 cm³/mol. The second kappa shape index (κ2) is 20.5. The number of ether oxygens (including phenoxy) is 9. The lowest BCUT2D eigenvalue weighted by Gasteiger charge is -2.47. The molecule has 0 bridgehead atoms. The molecule has 0 aliphatic carbocycles. The molecule has 0 aromatic heterocycles. The quantitative estimate of drug-likeness (QED) is 0.0436. The van der Waals surface area contributed by atoms with Crippen LogP contribution in [0.2, 0.25) is 0 Å². The Morgan fingerprint density at radius 1 is 0.641 bits per heavy atom. The fourth-order valence-electron chi connectivity index (χ4n) is 7.49. The molecule has 3 saturated heterocycles. The number of carbonyl (C=O) groups is 4. The van der Waals surface area contributed by atoms with Crippen molar-refractivity contribution < 1.29 is 66.9 Å². The van der Waals surface area contributed by atoms with Gasteiger partial charge < -0.3 is 47.7 Å². The van der Waals surface area contributed by atoms with Crippen LogP contribution < -0.4 is 0 Å². The van der Waals surface area contributed by atoms with Crippen LogP contribution in [0.1, 0.15) is 53.3 Å². The molecular formula is C47H41N3O14. The maximum atomic E-state index is 14.0. The molecule has 3 heterocycles. The summed E-state index contributed by atoms with van der Waals surface area (Å²) in [6.45, 7) is -0.740. The first-order valence-electron chi connectivity index (χ1n) is 20.3. The van der Waals surface area contributed by atoms with Crippen LogP contribution in [-0.4, -0.2) is 104 Å². The van der Waals surface area contributed by atoms with Gasteiger partial charge in [-0.25, -0.2) is 19.2 Å². The van der Waals surface area contributed by atoms with Gasteiger partial charge in [0.05, 0.1) is 28.9 Å². The Balaban J connectivity index is 1.20. The third kappa shape index (κ3) is 10.1. The number of benzene rings is 5. The minimum absolute atomic E-state index is 0.0910. The second-order valence-corrected chi connectivity index (χ2v) is 14.8. The van der Waals surface area contributed by atoms with Crippen LogP contribution in [0.15, 0.2) is 157 Å². The van der Waals surface area contributed by atoms with Gasteiger partial charge in [-0.2, -0.15) is 0 Å². The van der Waals surface area contributed by atoms with E-state index in [1.54, 1.807) is 97.1 Å². The lowest BCUT2D eigenvalue weighted by atomic mass is 9.96. The van der Waals surface area contributed by atoms with Crippen LogP contribution in [0.5, 0.6) is 0 Å². The summed E-state index contributed by atoms with van der Waals surface area (Å²) in [5.41, 5.74) is 10.9. The van der Waals surface area contributed by atoms with Gasteiger partial charge in [0.15, 0.2) is 37.2 Å². The number of aliphatic hydroxyl groups excluding tert-OH is 1. The van der Waals surface area contributed by atoms with Crippen LogP contribution in [0, 0.1) is 0 Å². The summed E-state index contributed by atoms with van der Waals surface area (Å²) in [6.07, 6.45) is -14.4.